The van der Waals surface area contributed by atoms with Gasteiger partial charge in [0.15, 0.2) is 0 Å². The summed E-state index contributed by atoms with van der Waals surface area (Å²) in [5.41, 5.74) is 14.5. The quantitative estimate of drug-likeness (QED) is 0.178. The first kappa shape index (κ1) is 29.3. The summed E-state index contributed by atoms with van der Waals surface area (Å²) >= 11 is 0. The molecule has 0 saturated carbocycles. The molecule has 240 valence electrons. The van der Waals surface area contributed by atoms with E-state index in [0.717, 1.165) is 50.1 Å². The number of hydrogen-bond acceptors (Lipinski definition) is 2. The molecule has 0 spiro atoms. The van der Waals surface area contributed by atoms with Crippen LogP contribution >= 0.6 is 0 Å². The number of anilines is 3. The third-order valence-electron chi connectivity index (χ3n) is 10.6. The van der Waals surface area contributed by atoms with Gasteiger partial charge in [-0.25, -0.2) is 0 Å². The van der Waals surface area contributed by atoms with Crippen molar-refractivity contribution >= 4 is 39.0 Å². The second-order valence-corrected chi connectivity index (χ2v) is 13.2. The van der Waals surface area contributed by atoms with Crippen molar-refractivity contribution in [2.24, 2.45) is 0 Å². The van der Waals surface area contributed by atoms with E-state index in [0.29, 0.717) is 0 Å². The van der Waals surface area contributed by atoms with Crippen molar-refractivity contribution in [2.75, 3.05) is 4.90 Å². The molecule has 1 heterocycles. The zero-order valence-electron chi connectivity index (χ0n) is 27.9. The van der Waals surface area contributed by atoms with Gasteiger partial charge in [-0.15, -0.1) is 0 Å². The van der Waals surface area contributed by atoms with Crippen molar-refractivity contribution in [3.63, 3.8) is 0 Å². The highest BCUT2D eigenvalue weighted by Gasteiger charge is 2.46. The Morgan fingerprint density at radius 1 is 0.373 bits per heavy atom. The molecule has 1 aliphatic rings. The first-order valence-electron chi connectivity index (χ1n) is 17.5. The summed E-state index contributed by atoms with van der Waals surface area (Å²) in [6, 6.07) is 72.0. The Kier molecular flexibility index (Phi) is 6.75. The van der Waals surface area contributed by atoms with Gasteiger partial charge in [0.2, 0.25) is 0 Å². The van der Waals surface area contributed by atoms with E-state index in [1.165, 1.54) is 33.4 Å². The molecule has 10 rings (SSSR count). The fourth-order valence-corrected chi connectivity index (χ4v) is 8.47. The molecule has 9 aromatic rings. The van der Waals surface area contributed by atoms with E-state index in [2.05, 4.69) is 205 Å². The first-order chi connectivity index (χ1) is 25.3. The van der Waals surface area contributed by atoms with Gasteiger partial charge >= 0.3 is 0 Å². The van der Waals surface area contributed by atoms with Crippen molar-refractivity contribution < 1.29 is 4.42 Å². The first-order valence-corrected chi connectivity index (χ1v) is 17.5. The minimum absolute atomic E-state index is 0.490. The Morgan fingerprint density at radius 3 is 1.55 bits per heavy atom. The van der Waals surface area contributed by atoms with Gasteiger partial charge in [0.05, 0.1) is 11.1 Å². The standard InChI is InChI=1S/C49H33NO/c1-4-17-34(18-5-1)49(43-27-13-10-23-38(43)39-24-11-14-28-44(39)49)35-31-32-46-42(33-35)48-41(26-16-30-47(48)51-46)40-25-12-15-29-45(40)50(36-19-6-2-7-20-36)37-21-8-3-9-22-37/h1-33H. The molecular weight excluding hydrogens is 619 g/mol. The molecule has 1 aromatic heterocycles. The van der Waals surface area contributed by atoms with Gasteiger partial charge in [-0.2, -0.15) is 0 Å². The number of fused-ring (bicyclic) bond motifs is 6. The van der Waals surface area contributed by atoms with Crippen LogP contribution in [0.4, 0.5) is 17.1 Å². The Balaban J connectivity index is 1.25. The summed E-state index contributed by atoms with van der Waals surface area (Å²) in [7, 11) is 0. The van der Waals surface area contributed by atoms with Crippen LogP contribution in [0.25, 0.3) is 44.2 Å². The Labute approximate surface area is 297 Å². The predicted octanol–water partition coefficient (Wildman–Crippen LogP) is 13.1. The molecule has 1 aliphatic carbocycles. The topological polar surface area (TPSA) is 16.4 Å². The van der Waals surface area contributed by atoms with Crippen LogP contribution in [0.15, 0.2) is 205 Å². The average molecular weight is 652 g/mol. The monoisotopic (exact) mass is 651 g/mol. The minimum atomic E-state index is -0.490. The number of furan rings is 1. The van der Waals surface area contributed by atoms with Gasteiger partial charge in [0.1, 0.15) is 11.2 Å². The second kappa shape index (κ2) is 11.8. The molecule has 0 bridgehead atoms. The smallest absolute Gasteiger partial charge is 0.136 e. The number of para-hydroxylation sites is 3. The Bertz CT molecular complexity index is 2610. The van der Waals surface area contributed by atoms with E-state index >= 15 is 0 Å². The molecule has 0 fully saturated rings. The maximum absolute atomic E-state index is 6.67. The third kappa shape index (κ3) is 4.43. The predicted molar refractivity (Wildman–Crippen MR) is 211 cm³/mol. The molecule has 2 nitrogen and oxygen atoms in total. The molecular formula is C49H33NO. The number of rotatable bonds is 6. The zero-order valence-corrected chi connectivity index (χ0v) is 27.9. The highest BCUT2D eigenvalue weighted by Crippen LogP contribution is 2.56. The highest BCUT2D eigenvalue weighted by atomic mass is 16.3. The lowest BCUT2D eigenvalue weighted by molar-refractivity contribution is 0.668. The van der Waals surface area contributed by atoms with Gasteiger partial charge in [-0.1, -0.05) is 152 Å². The van der Waals surface area contributed by atoms with Crippen LogP contribution in [0.2, 0.25) is 0 Å². The van der Waals surface area contributed by atoms with Crippen LogP contribution in [0.5, 0.6) is 0 Å². The van der Waals surface area contributed by atoms with Crippen LogP contribution in [-0.4, -0.2) is 0 Å². The van der Waals surface area contributed by atoms with Crippen molar-refractivity contribution in [3.05, 3.63) is 222 Å². The SMILES string of the molecule is c1ccc(N(c2ccccc2)c2ccccc2-c2cccc3oc4ccc(C5(c6ccccc6)c6ccccc6-c6ccccc65)cc4c23)cc1. The fraction of sp³-hybridized carbons (Fsp3) is 0.0204. The van der Waals surface area contributed by atoms with E-state index < -0.39 is 5.41 Å². The maximum atomic E-state index is 6.67. The maximum Gasteiger partial charge on any atom is 0.136 e. The van der Waals surface area contributed by atoms with Crippen molar-refractivity contribution in [2.45, 2.75) is 5.41 Å². The van der Waals surface area contributed by atoms with Gasteiger partial charge < -0.3 is 9.32 Å². The van der Waals surface area contributed by atoms with Crippen molar-refractivity contribution in [3.8, 4) is 22.3 Å². The third-order valence-corrected chi connectivity index (χ3v) is 10.6. The lowest BCUT2D eigenvalue weighted by Crippen LogP contribution is -2.28. The van der Waals surface area contributed by atoms with Crippen LogP contribution in [0.3, 0.4) is 0 Å². The highest BCUT2D eigenvalue weighted by molar-refractivity contribution is 6.14. The molecule has 0 atom stereocenters. The molecule has 0 unspecified atom stereocenters. The number of benzene rings is 8. The van der Waals surface area contributed by atoms with E-state index in [-0.39, 0.29) is 0 Å². The van der Waals surface area contributed by atoms with E-state index in [1.54, 1.807) is 0 Å². The Hall–Kier alpha value is -6.64. The lowest BCUT2D eigenvalue weighted by Gasteiger charge is -2.33. The summed E-state index contributed by atoms with van der Waals surface area (Å²) in [5, 5.41) is 2.22. The molecule has 51 heavy (non-hydrogen) atoms. The van der Waals surface area contributed by atoms with Crippen LogP contribution in [0.1, 0.15) is 22.3 Å². The summed E-state index contributed by atoms with van der Waals surface area (Å²) in [6.45, 7) is 0. The summed E-state index contributed by atoms with van der Waals surface area (Å²) < 4.78 is 6.67. The van der Waals surface area contributed by atoms with E-state index in [9.17, 15) is 0 Å². The molecule has 8 aromatic carbocycles. The average Bonchev–Trinajstić information content (AvgIpc) is 3.73. The summed E-state index contributed by atoms with van der Waals surface area (Å²) in [6.07, 6.45) is 0. The van der Waals surface area contributed by atoms with E-state index in [1.807, 2.05) is 0 Å². The lowest BCUT2D eigenvalue weighted by atomic mass is 9.67. The number of hydrogen-bond donors (Lipinski definition) is 0. The van der Waals surface area contributed by atoms with Crippen LogP contribution < -0.4 is 4.90 Å². The fourth-order valence-electron chi connectivity index (χ4n) is 8.47. The Morgan fingerprint density at radius 2 is 0.902 bits per heavy atom. The normalized spacial score (nSPS) is 12.9. The molecule has 0 N–H and O–H groups in total. The summed E-state index contributed by atoms with van der Waals surface area (Å²) in [5.74, 6) is 0. The minimum Gasteiger partial charge on any atom is -0.456 e. The van der Waals surface area contributed by atoms with Gasteiger partial charge in [-0.05, 0) is 87.5 Å². The molecule has 2 heteroatoms. The molecule has 0 aliphatic heterocycles. The van der Waals surface area contributed by atoms with Gasteiger partial charge in [0, 0.05) is 27.7 Å². The molecule has 0 amide bonds. The van der Waals surface area contributed by atoms with Crippen molar-refractivity contribution in [1.82, 2.24) is 0 Å². The number of nitrogens with zero attached hydrogens (tertiary/aromatic N) is 1. The van der Waals surface area contributed by atoms with Gasteiger partial charge in [-0.3, -0.25) is 0 Å². The second-order valence-electron chi connectivity index (χ2n) is 13.2. The summed E-state index contributed by atoms with van der Waals surface area (Å²) in [4.78, 5) is 2.35. The molecule has 0 radical (unpaired) electrons. The van der Waals surface area contributed by atoms with E-state index in [4.69, 9.17) is 4.42 Å². The zero-order chi connectivity index (χ0) is 33.8. The van der Waals surface area contributed by atoms with Crippen LogP contribution in [0, 0.1) is 0 Å². The van der Waals surface area contributed by atoms with Crippen LogP contribution in [-0.2, 0) is 5.41 Å². The molecule has 0 saturated heterocycles. The van der Waals surface area contributed by atoms with Gasteiger partial charge in [0.25, 0.3) is 0 Å². The largest absolute Gasteiger partial charge is 0.456 e. The van der Waals surface area contributed by atoms with Crippen molar-refractivity contribution in [1.29, 1.82) is 0 Å².